The number of carbonyl (C=O) groups is 1. The topological polar surface area (TPSA) is 79.4 Å². The molecule has 1 aliphatic heterocycles. The number of piperidine rings is 1. The molecule has 0 spiro atoms. The predicted octanol–water partition coefficient (Wildman–Crippen LogP) is 2.41. The molecule has 26 heavy (non-hydrogen) atoms. The lowest BCUT2D eigenvalue weighted by Crippen LogP contribution is -2.49. The zero-order valence-electron chi connectivity index (χ0n) is 14.5. The third-order valence-corrected chi connectivity index (χ3v) is 6.76. The summed E-state index contributed by atoms with van der Waals surface area (Å²) in [6.45, 7) is 2.52. The van der Waals surface area contributed by atoms with E-state index >= 15 is 0 Å². The van der Waals surface area contributed by atoms with Crippen LogP contribution in [0.25, 0.3) is 10.6 Å². The van der Waals surface area contributed by atoms with Crippen LogP contribution in [0.2, 0.25) is 0 Å². The highest BCUT2D eigenvalue weighted by Gasteiger charge is 2.28. The Hall–Kier alpha value is -1.84. The van der Waals surface area contributed by atoms with Gasteiger partial charge in [-0.15, -0.1) is 11.3 Å². The van der Waals surface area contributed by atoms with Crippen LogP contribution in [-0.4, -0.2) is 49.0 Å². The van der Waals surface area contributed by atoms with Gasteiger partial charge in [0.1, 0.15) is 15.7 Å². The molecule has 1 aromatic carbocycles. The second-order valence-electron chi connectivity index (χ2n) is 6.37. The summed E-state index contributed by atoms with van der Waals surface area (Å²) >= 11 is 1.24. The molecule has 1 aromatic heterocycles. The van der Waals surface area contributed by atoms with Gasteiger partial charge in [0, 0.05) is 24.7 Å². The van der Waals surface area contributed by atoms with Crippen molar-refractivity contribution in [1.82, 2.24) is 14.6 Å². The highest BCUT2D eigenvalue weighted by molar-refractivity contribution is 7.88. The minimum absolute atomic E-state index is 0.221. The molecule has 1 fully saturated rings. The molecule has 3 rings (SSSR count). The molecule has 1 aliphatic rings. The number of aromatic nitrogens is 1. The lowest BCUT2D eigenvalue weighted by Gasteiger charge is -2.31. The summed E-state index contributed by atoms with van der Waals surface area (Å²) in [6.07, 6.45) is 2.63. The molecule has 0 bridgehead atoms. The molecule has 2 aromatic rings. The first kappa shape index (κ1) is 18.9. The molecule has 6 nitrogen and oxygen atoms in total. The number of benzene rings is 1. The maximum atomic E-state index is 13.1. The molecule has 9 heteroatoms. The highest BCUT2D eigenvalue weighted by Crippen LogP contribution is 2.28. The number of hydrogen-bond acceptors (Lipinski definition) is 5. The Morgan fingerprint density at radius 3 is 2.69 bits per heavy atom. The average Bonchev–Trinajstić information content (AvgIpc) is 2.97. The van der Waals surface area contributed by atoms with Crippen molar-refractivity contribution < 1.29 is 17.6 Å². The number of sulfonamides is 1. The van der Waals surface area contributed by atoms with E-state index in [1.165, 1.54) is 34.0 Å². The maximum Gasteiger partial charge on any atom is 0.263 e. The van der Waals surface area contributed by atoms with Crippen LogP contribution in [0.3, 0.4) is 0 Å². The van der Waals surface area contributed by atoms with Gasteiger partial charge in [-0.1, -0.05) is 0 Å². The molecule has 1 saturated heterocycles. The van der Waals surface area contributed by atoms with Gasteiger partial charge in [-0.05, 0) is 44.0 Å². The van der Waals surface area contributed by atoms with E-state index in [0.717, 1.165) is 12.0 Å². The molecule has 0 radical (unpaired) electrons. The number of amides is 1. The van der Waals surface area contributed by atoms with E-state index in [1.807, 2.05) is 0 Å². The van der Waals surface area contributed by atoms with E-state index in [1.54, 1.807) is 19.1 Å². The predicted molar refractivity (Wildman–Crippen MR) is 99.2 cm³/mol. The van der Waals surface area contributed by atoms with E-state index in [0.29, 0.717) is 28.5 Å². The summed E-state index contributed by atoms with van der Waals surface area (Å²) < 4.78 is 37.9. The first-order valence-corrected chi connectivity index (χ1v) is 10.9. The molecule has 0 saturated carbocycles. The lowest BCUT2D eigenvalue weighted by molar-refractivity contribution is 0.0925. The third-order valence-electron chi connectivity index (χ3n) is 4.28. The van der Waals surface area contributed by atoms with Gasteiger partial charge < -0.3 is 5.32 Å². The Bertz CT molecular complexity index is 910. The number of nitrogens with one attached hydrogen (secondary N) is 1. The van der Waals surface area contributed by atoms with E-state index in [9.17, 15) is 17.6 Å². The Balaban J connectivity index is 1.73. The fraction of sp³-hybridized carbons (Fsp3) is 0.412. The van der Waals surface area contributed by atoms with E-state index in [2.05, 4.69) is 10.3 Å². The Morgan fingerprint density at radius 1 is 1.35 bits per heavy atom. The van der Waals surface area contributed by atoms with Gasteiger partial charge in [0.05, 0.1) is 11.9 Å². The molecular formula is C17H20FN3O3S2. The average molecular weight is 397 g/mol. The number of thiazole rings is 1. The maximum absolute atomic E-state index is 13.1. The van der Waals surface area contributed by atoms with Crippen LogP contribution in [0, 0.1) is 12.7 Å². The van der Waals surface area contributed by atoms with Crippen LogP contribution in [0.1, 0.15) is 28.2 Å². The Labute approximate surface area is 156 Å². The van der Waals surface area contributed by atoms with Gasteiger partial charge in [0.25, 0.3) is 5.91 Å². The van der Waals surface area contributed by atoms with Gasteiger partial charge >= 0.3 is 0 Å². The summed E-state index contributed by atoms with van der Waals surface area (Å²) in [6, 6.07) is 5.74. The van der Waals surface area contributed by atoms with Crippen molar-refractivity contribution in [3.63, 3.8) is 0 Å². The lowest BCUT2D eigenvalue weighted by atomic mass is 10.1. The first-order chi connectivity index (χ1) is 12.2. The second-order valence-corrected chi connectivity index (χ2v) is 9.36. The van der Waals surface area contributed by atoms with E-state index < -0.39 is 10.0 Å². The van der Waals surface area contributed by atoms with Crippen molar-refractivity contribution in [3.8, 4) is 10.6 Å². The Kier molecular flexibility index (Phi) is 5.40. The van der Waals surface area contributed by atoms with Gasteiger partial charge in [-0.3, -0.25) is 4.79 Å². The Morgan fingerprint density at radius 2 is 2.04 bits per heavy atom. The largest absolute Gasteiger partial charge is 0.347 e. The first-order valence-electron chi connectivity index (χ1n) is 8.23. The van der Waals surface area contributed by atoms with Crippen LogP contribution in [0.4, 0.5) is 4.39 Å². The van der Waals surface area contributed by atoms with Gasteiger partial charge in [0.2, 0.25) is 10.0 Å². The van der Waals surface area contributed by atoms with Gasteiger partial charge in [0.15, 0.2) is 0 Å². The van der Waals surface area contributed by atoms with Crippen LogP contribution >= 0.6 is 11.3 Å². The molecule has 2 heterocycles. The van der Waals surface area contributed by atoms with Crippen LogP contribution in [0.5, 0.6) is 0 Å². The van der Waals surface area contributed by atoms with Crippen molar-refractivity contribution in [3.05, 3.63) is 40.7 Å². The molecule has 1 amide bonds. The number of halogens is 1. The van der Waals surface area contributed by atoms with Crippen LogP contribution in [-0.2, 0) is 10.0 Å². The zero-order chi connectivity index (χ0) is 18.9. The number of carbonyl (C=O) groups excluding carboxylic acids is 1. The van der Waals surface area contributed by atoms with E-state index in [4.69, 9.17) is 0 Å². The summed E-state index contributed by atoms with van der Waals surface area (Å²) in [4.78, 5) is 17.5. The third kappa shape index (κ3) is 4.28. The summed E-state index contributed by atoms with van der Waals surface area (Å²) in [7, 11) is -3.26. The van der Waals surface area contributed by atoms with Crippen molar-refractivity contribution in [1.29, 1.82) is 0 Å². The normalized spacial score (nSPS) is 18.7. The van der Waals surface area contributed by atoms with Crippen molar-refractivity contribution in [2.24, 2.45) is 0 Å². The summed E-state index contributed by atoms with van der Waals surface area (Å²) in [5, 5.41) is 3.56. The van der Waals surface area contributed by atoms with Crippen molar-refractivity contribution in [2.75, 3.05) is 19.3 Å². The number of rotatable bonds is 4. The SMILES string of the molecule is Cc1nc(-c2ccc(F)cc2)sc1C(=O)NC1CCCN(S(C)(=O)=O)C1. The zero-order valence-corrected chi connectivity index (χ0v) is 16.2. The molecular weight excluding hydrogens is 377 g/mol. The van der Waals surface area contributed by atoms with Crippen LogP contribution < -0.4 is 5.32 Å². The van der Waals surface area contributed by atoms with Crippen LogP contribution in [0.15, 0.2) is 24.3 Å². The van der Waals surface area contributed by atoms with Crippen molar-refractivity contribution >= 4 is 27.3 Å². The number of aryl methyl sites for hydroxylation is 1. The van der Waals surface area contributed by atoms with Crippen molar-refractivity contribution in [2.45, 2.75) is 25.8 Å². The molecule has 1 unspecified atom stereocenters. The quantitative estimate of drug-likeness (QED) is 0.859. The molecule has 0 aliphatic carbocycles. The number of nitrogens with zero attached hydrogens (tertiary/aromatic N) is 2. The standard InChI is InChI=1S/C17H20FN3O3S2/c1-11-15(25-17(19-11)12-5-7-13(18)8-6-12)16(22)20-14-4-3-9-21(10-14)26(2,23)24/h5-8,14H,3-4,9-10H2,1-2H3,(H,20,22). The minimum atomic E-state index is -3.26. The van der Waals surface area contributed by atoms with E-state index in [-0.39, 0.29) is 24.3 Å². The molecule has 140 valence electrons. The smallest absolute Gasteiger partial charge is 0.263 e. The highest BCUT2D eigenvalue weighted by atomic mass is 32.2. The fourth-order valence-corrected chi connectivity index (χ4v) is 4.82. The monoisotopic (exact) mass is 397 g/mol. The minimum Gasteiger partial charge on any atom is -0.347 e. The van der Waals surface area contributed by atoms with Gasteiger partial charge in [-0.25, -0.2) is 22.1 Å². The summed E-state index contributed by atoms with van der Waals surface area (Å²) in [5.41, 5.74) is 1.35. The molecule has 1 N–H and O–H groups in total. The fourth-order valence-electron chi connectivity index (χ4n) is 2.94. The number of hydrogen-bond donors (Lipinski definition) is 1. The molecule has 1 atom stereocenters. The second kappa shape index (κ2) is 7.42. The summed E-state index contributed by atoms with van der Waals surface area (Å²) in [5.74, 6) is -0.582. The van der Waals surface area contributed by atoms with Gasteiger partial charge in [-0.2, -0.15) is 0 Å².